The number of aromatic amines is 1. The molecule has 8 heteroatoms. The first kappa shape index (κ1) is 12.7. The summed E-state index contributed by atoms with van der Waals surface area (Å²) in [6.07, 6.45) is 1.13. The molecule has 0 bridgehead atoms. The first-order valence-corrected chi connectivity index (χ1v) is 7.39. The normalized spacial score (nSPS) is 11.7. The second kappa shape index (κ2) is 4.49. The van der Waals surface area contributed by atoms with Crippen LogP contribution in [0, 0.1) is 0 Å². The Morgan fingerprint density at radius 2 is 1.94 bits per heavy atom. The molecule has 17 heavy (non-hydrogen) atoms. The fraction of sp³-hybridized carbons (Fsp3) is 0. The minimum atomic E-state index is -3.88. The Bertz CT molecular complexity index is 667. The van der Waals surface area contributed by atoms with Crippen molar-refractivity contribution in [3.8, 4) is 11.3 Å². The van der Waals surface area contributed by atoms with Crippen LogP contribution in [-0.4, -0.2) is 18.6 Å². The largest absolute Gasteiger partial charge is 0.276 e. The van der Waals surface area contributed by atoms with E-state index in [1.807, 2.05) is 0 Å². The van der Waals surface area contributed by atoms with Crippen LogP contribution < -0.4 is 0 Å². The Morgan fingerprint density at radius 3 is 2.53 bits per heavy atom. The van der Waals surface area contributed by atoms with E-state index >= 15 is 0 Å². The Morgan fingerprint density at radius 1 is 1.24 bits per heavy atom. The molecule has 1 aromatic heterocycles. The van der Waals surface area contributed by atoms with Gasteiger partial charge in [-0.15, -0.1) is 0 Å². The van der Waals surface area contributed by atoms with Gasteiger partial charge in [0.25, 0.3) is 9.05 Å². The van der Waals surface area contributed by atoms with Crippen molar-refractivity contribution in [1.82, 2.24) is 10.2 Å². The minimum absolute atomic E-state index is 0.122. The number of nitrogens with zero attached hydrogens (tertiary/aromatic N) is 1. The highest BCUT2D eigenvalue weighted by molar-refractivity contribution is 8.13. The summed E-state index contributed by atoms with van der Waals surface area (Å²) in [6.45, 7) is 0. The monoisotopic (exact) mass is 310 g/mol. The number of H-pyrrole nitrogens is 1. The Labute approximate surface area is 112 Å². The van der Waals surface area contributed by atoms with Crippen LogP contribution in [0.5, 0.6) is 0 Å². The van der Waals surface area contributed by atoms with Crippen LogP contribution in [0.25, 0.3) is 11.3 Å². The molecular formula is C9H5Cl3N2O2S. The number of hydrogen-bond donors (Lipinski definition) is 1. The van der Waals surface area contributed by atoms with Gasteiger partial charge in [0.05, 0.1) is 16.9 Å². The van der Waals surface area contributed by atoms with Crippen LogP contribution in [0.3, 0.4) is 0 Å². The van der Waals surface area contributed by atoms with Gasteiger partial charge in [0.15, 0.2) is 0 Å². The maximum absolute atomic E-state index is 11.3. The lowest BCUT2D eigenvalue weighted by Gasteiger charge is -2.03. The van der Waals surface area contributed by atoms with E-state index in [9.17, 15) is 8.42 Å². The fourth-order valence-corrected chi connectivity index (χ4v) is 2.78. The second-order valence-corrected chi connectivity index (χ2v) is 6.55. The average molecular weight is 312 g/mol. The maximum Gasteiger partial charge on any atom is 0.265 e. The van der Waals surface area contributed by atoms with Crippen molar-refractivity contribution >= 4 is 42.9 Å². The summed E-state index contributed by atoms with van der Waals surface area (Å²) in [7, 11) is 1.40. The Balaban J connectivity index is 2.66. The lowest BCUT2D eigenvalue weighted by atomic mass is 10.1. The van der Waals surface area contributed by atoms with Gasteiger partial charge in [-0.3, -0.25) is 5.10 Å². The summed E-state index contributed by atoms with van der Waals surface area (Å²) in [5, 5.41) is 6.96. The third-order valence-electron chi connectivity index (χ3n) is 2.07. The highest BCUT2D eigenvalue weighted by atomic mass is 35.7. The van der Waals surface area contributed by atoms with Gasteiger partial charge in [0.1, 0.15) is 4.90 Å². The zero-order valence-corrected chi connectivity index (χ0v) is 11.2. The van der Waals surface area contributed by atoms with E-state index in [0.29, 0.717) is 15.6 Å². The van der Waals surface area contributed by atoms with Gasteiger partial charge in [-0.1, -0.05) is 23.2 Å². The second-order valence-electron chi connectivity index (χ2n) is 3.17. The number of halogens is 3. The molecule has 2 rings (SSSR count). The molecule has 0 amide bonds. The summed E-state index contributed by atoms with van der Waals surface area (Å²) in [4.78, 5) is -0.122. The van der Waals surface area contributed by atoms with Crippen LogP contribution in [0.1, 0.15) is 0 Å². The molecule has 0 saturated carbocycles. The van der Waals surface area contributed by atoms with Gasteiger partial charge in [-0.05, 0) is 18.2 Å². The third kappa shape index (κ3) is 2.57. The molecule has 0 aliphatic rings. The molecular weight excluding hydrogens is 307 g/mol. The quantitative estimate of drug-likeness (QED) is 0.865. The molecule has 0 unspecified atom stereocenters. The smallest absolute Gasteiger partial charge is 0.265 e. The average Bonchev–Trinajstić information content (AvgIpc) is 2.65. The fourth-order valence-electron chi connectivity index (χ4n) is 1.35. The summed E-state index contributed by atoms with van der Waals surface area (Å²) in [6, 6.07) is 4.68. The molecule has 0 aliphatic carbocycles. The highest BCUT2D eigenvalue weighted by Crippen LogP contribution is 2.33. The zero-order valence-electron chi connectivity index (χ0n) is 8.12. The van der Waals surface area contributed by atoms with E-state index < -0.39 is 9.05 Å². The SMILES string of the molecule is O=S(=O)(Cl)c1cn[nH]c1-c1ccc(Cl)cc1Cl. The van der Waals surface area contributed by atoms with Crippen molar-refractivity contribution in [2.24, 2.45) is 0 Å². The van der Waals surface area contributed by atoms with Gasteiger partial charge < -0.3 is 0 Å². The van der Waals surface area contributed by atoms with Gasteiger partial charge in [0.2, 0.25) is 0 Å². The molecule has 1 aromatic carbocycles. The molecule has 1 N–H and O–H groups in total. The van der Waals surface area contributed by atoms with Crippen LogP contribution in [0.4, 0.5) is 0 Å². The third-order valence-corrected chi connectivity index (χ3v) is 3.95. The van der Waals surface area contributed by atoms with Crippen LogP contribution in [0.15, 0.2) is 29.3 Å². The molecule has 1 heterocycles. The van der Waals surface area contributed by atoms with Gasteiger partial charge in [-0.25, -0.2) is 8.42 Å². The summed E-state index contributed by atoms with van der Waals surface area (Å²) < 4.78 is 22.6. The first-order chi connectivity index (χ1) is 7.89. The van der Waals surface area contributed by atoms with E-state index in [4.69, 9.17) is 33.9 Å². The topological polar surface area (TPSA) is 62.8 Å². The zero-order chi connectivity index (χ0) is 12.6. The predicted molar refractivity (Wildman–Crippen MR) is 67.1 cm³/mol. The van der Waals surface area contributed by atoms with E-state index in [1.165, 1.54) is 6.07 Å². The summed E-state index contributed by atoms with van der Waals surface area (Å²) in [5.74, 6) is 0. The first-order valence-electron chi connectivity index (χ1n) is 4.33. The van der Waals surface area contributed by atoms with Crippen molar-refractivity contribution in [2.75, 3.05) is 0 Å². The highest BCUT2D eigenvalue weighted by Gasteiger charge is 2.20. The van der Waals surface area contributed by atoms with Gasteiger partial charge >= 0.3 is 0 Å². The standard InChI is InChI=1S/C9H5Cl3N2O2S/c10-5-1-2-6(7(11)3-5)9-8(4-13-14-9)17(12,15)16/h1-4H,(H,13,14). The number of benzene rings is 1. The molecule has 0 aliphatic heterocycles. The maximum atomic E-state index is 11.3. The molecule has 0 fully saturated rings. The molecule has 4 nitrogen and oxygen atoms in total. The molecule has 0 spiro atoms. The number of rotatable bonds is 2. The lowest BCUT2D eigenvalue weighted by molar-refractivity contribution is 0.610. The van der Waals surface area contributed by atoms with E-state index in [0.717, 1.165) is 6.20 Å². The van der Waals surface area contributed by atoms with E-state index in [1.54, 1.807) is 12.1 Å². The van der Waals surface area contributed by atoms with Crippen molar-refractivity contribution in [3.05, 3.63) is 34.4 Å². The number of aromatic nitrogens is 2. The van der Waals surface area contributed by atoms with Crippen molar-refractivity contribution in [1.29, 1.82) is 0 Å². The number of nitrogens with one attached hydrogen (secondary N) is 1. The van der Waals surface area contributed by atoms with Crippen LogP contribution >= 0.6 is 33.9 Å². The van der Waals surface area contributed by atoms with E-state index in [2.05, 4.69) is 10.2 Å². The van der Waals surface area contributed by atoms with Gasteiger partial charge in [0, 0.05) is 21.3 Å². The Kier molecular flexibility index (Phi) is 3.36. The van der Waals surface area contributed by atoms with Gasteiger partial charge in [-0.2, -0.15) is 5.10 Å². The van der Waals surface area contributed by atoms with Crippen molar-refractivity contribution in [3.63, 3.8) is 0 Å². The number of hydrogen-bond acceptors (Lipinski definition) is 3. The molecule has 0 radical (unpaired) electrons. The lowest BCUT2D eigenvalue weighted by Crippen LogP contribution is -1.92. The molecule has 0 saturated heterocycles. The molecule has 0 atom stereocenters. The van der Waals surface area contributed by atoms with Crippen LogP contribution in [0.2, 0.25) is 10.0 Å². The Hall–Kier alpha value is -0.750. The van der Waals surface area contributed by atoms with E-state index in [-0.39, 0.29) is 10.6 Å². The van der Waals surface area contributed by atoms with Crippen molar-refractivity contribution < 1.29 is 8.42 Å². The minimum Gasteiger partial charge on any atom is -0.276 e. The summed E-state index contributed by atoms with van der Waals surface area (Å²) in [5.41, 5.74) is 0.703. The van der Waals surface area contributed by atoms with Crippen molar-refractivity contribution in [2.45, 2.75) is 4.90 Å². The molecule has 90 valence electrons. The summed E-state index contributed by atoms with van der Waals surface area (Å²) >= 11 is 11.7. The molecule has 2 aromatic rings. The van der Waals surface area contributed by atoms with Crippen LogP contribution in [-0.2, 0) is 9.05 Å². The predicted octanol–water partition coefficient (Wildman–Crippen LogP) is 3.31.